The van der Waals surface area contributed by atoms with Gasteiger partial charge in [0.25, 0.3) is 0 Å². The highest BCUT2D eigenvalue weighted by molar-refractivity contribution is 5.28. The molecule has 0 saturated carbocycles. The summed E-state index contributed by atoms with van der Waals surface area (Å²) in [4.78, 5) is 0. The molecule has 0 spiro atoms. The summed E-state index contributed by atoms with van der Waals surface area (Å²) in [6, 6.07) is 1.93. The number of rotatable bonds is 2. The lowest BCUT2D eigenvalue weighted by Gasteiger charge is -2.28. The Hall–Kier alpha value is -1.14. The standard InChI is InChI=1S/C13H15F4NO/c14-11-7-9(13(15,16)17)1-2-10(11)12(18)8-3-5-19-6-4-8/h1-2,7-8,12H,3-6,18H2/t12-/m0/s1. The molecule has 0 bridgehead atoms. The molecule has 1 aromatic carbocycles. The molecule has 2 rings (SSSR count). The highest BCUT2D eigenvalue weighted by Gasteiger charge is 2.32. The molecule has 1 heterocycles. The van der Waals surface area contributed by atoms with Crippen molar-refractivity contribution in [3.05, 3.63) is 35.1 Å². The zero-order chi connectivity index (χ0) is 14.0. The lowest BCUT2D eigenvalue weighted by Crippen LogP contribution is -2.28. The van der Waals surface area contributed by atoms with E-state index >= 15 is 0 Å². The van der Waals surface area contributed by atoms with Crippen molar-refractivity contribution in [1.82, 2.24) is 0 Å². The predicted molar refractivity (Wildman–Crippen MR) is 61.9 cm³/mol. The molecule has 1 fully saturated rings. The highest BCUT2D eigenvalue weighted by Crippen LogP contribution is 2.34. The van der Waals surface area contributed by atoms with Gasteiger partial charge < -0.3 is 10.5 Å². The maximum Gasteiger partial charge on any atom is 0.416 e. The van der Waals surface area contributed by atoms with Crippen LogP contribution in [-0.4, -0.2) is 13.2 Å². The molecule has 0 unspecified atom stereocenters. The Morgan fingerprint density at radius 2 is 1.84 bits per heavy atom. The average Bonchev–Trinajstić information content (AvgIpc) is 2.38. The van der Waals surface area contributed by atoms with Gasteiger partial charge in [0, 0.05) is 24.8 Å². The quantitative estimate of drug-likeness (QED) is 0.842. The van der Waals surface area contributed by atoms with Gasteiger partial charge in [-0.3, -0.25) is 0 Å². The van der Waals surface area contributed by atoms with Gasteiger partial charge in [-0.1, -0.05) is 6.07 Å². The third-order valence-corrected chi connectivity index (χ3v) is 3.46. The molecule has 106 valence electrons. The molecule has 1 aliphatic rings. The van der Waals surface area contributed by atoms with E-state index in [4.69, 9.17) is 10.5 Å². The van der Waals surface area contributed by atoms with Gasteiger partial charge in [-0.25, -0.2) is 4.39 Å². The molecule has 0 aliphatic carbocycles. The lowest BCUT2D eigenvalue weighted by atomic mass is 9.87. The Labute approximate surface area is 108 Å². The van der Waals surface area contributed by atoms with Crippen molar-refractivity contribution in [1.29, 1.82) is 0 Å². The molecule has 1 aromatic rings. The second-order valence-electron chi connectivity index (χ2n) is 4.71. The topological polar surface area (TPSA) is 35.2 Å². The number of hydrogen-bond donors (Lipinski definition) is 1. The van der Waals surface area contributed by atoms with Crippen molar-refractivity contribution in [2.75, 3.05) is 13.2 Å². The summed E-state index contributed by atoms with van der Waals surface area (Å²) in [6.07, 6.45) is -3.15. The normalized spacial score (nSPS) is 19.4. The molecule has 2 N–H and O–H groups in total. The molecule has 0 aromatic heterocycles. The number of halogens is 4. The van der Waals surface area contributed by atoms with Crippen molar-refractivity contribution >= 4 is 0 Å². The van der Waals surface area contributed by atoms with Gasteiger partial charge in [0.1, 0.15) is 5.82 Å². The first kappa shape index (κ1) is 14.3. The van der Waals surface area contributed by atoms with Crippen LogP contribution in [0.15, 0.2) is 18.2 Å². The third kappa shape index (κ3) is 3.25. The van der Waals surface area contributed by atoms with Crippen LogP contribution in [0, 0.1) is 11.7 Å². The summed E-state index contributed by atoms with van der Waals surface area (Å²) < 4.78 is 56.3. The number of nitrogens with two attached hydrogens (primary N) is 1. The molecule has 6 heteroatoms. The number of benzene rings is 1. The molecule has 2 nitrogen and oxygen atoms in total. The fourth-order valence-corrected chi connectivity index (χ4v) is 2.30. The van der Waals surface area contributed by atoms with E-state index in [1.54, 1.807) is 0 Å². The van der Waals surface area contributed by atoms with Crippen LogP contribution < -0.4 is 5.73 Å². The van der Waals surface area contributed by atoms with Gasteiger partial charge in [-0.05, 0) is 30.9 Å². The van der Waals surface area contributed by atoms with E-state index < -0.39 is 23.6 Å². The van der Waals surface area contributed by atoms with Gasteiger partial charge >= 0.3 is 6.18 Å². The minimum atomic E-state index is -4.54. The maximum atomic E-state index is 13.8. The van der Waals surface area contributed by atoms with Crippen LogP contribution in [0.25, 0.3) is 0 Å². The van der Waals surface area contributed by atoms with Crippen molar-refractivity contribution in [3.63, 3.8) is 0 Å². The van der Waals surface area contributed by atoms with E-state index in [2.05, 4.69) is 0 Å². The summed E-state index contributed by atoms with van der Waals surface area (Å²) in [5.41, 5.74) is 5.10. The maximum absolute atomic E-state index is 13.8. The van der Waals surface area contributed by atoms with Crippen LogP contribution in [0.4, 0.5) is 17.6 Å². The fraction of sp³-hybridized carbons (Fsp3) is 0.538. The SMILES string of the molecule is N[C@H](c1ccc(C(F)(F)F)cc1F)C1CCOCC1. The average molecular weight is 277 g/mol. The van der Waals surface area contributed by atoms with E-state index in [9.17, 15) is 17.6 Å². The fourth-order valence-electron chi connectivity index (χ4n) is 2.30. The lowest BCUT2D eigenvalue weighted by molar-refractivity contribution is -0.137. The molecule has 1 atom stereocenters. The Morgan fingerprint density at radius 3 is 2.37 bits per heavy atom. The molecule has 1 aliphatic heterocycles. The zero-order valence-electron chi connectivity index (χ0n) is 10.2. The van der Waals surface area contributed by atoms with Gasteiger partial charge in [0.05, 0.1) is 5.56 Å². The largest absolute Gasteiger partial charge is 0.416 e. The summed E-state index contributed by atoms with van der Waals surface area (Å²) in [7, 11) is 0. The van der Waals surface area contributed by atoms with E-state index in [0.29, 0.717) is 32.1 Å². The zero-order valence-corrected chi connectivity index (χ0v) is 10.2. The Bertz CT molecular complexity index is 441. The number of ether oxygens (including phenoxy) is 1. The number of alkyl halides is 3. The van der Waals surface area contributed by atoms with Gasteiger partial charge in [-0.2, -0.15) is 13.2 Å². The Morgan fingerprint density at radius 1 is 1.21 bits per heavy atom. The van der Waals surface area contributed by atoms with Crippen LogP contribution in [0.1, 0.15) is 30.0 Å². The first-order valence-electron chi connectivity index (χ1n) is 6.09. The van der Waals surface area contributed by atoms with Gasteiger partial charge in [-0.15, -0.1) is 0 Å². The third-order valence-electron chi connectivity index (χ3n) is 3.46. The molecular formula is C13H15F4NO. The van der Waals surface area contributed by atoms with Crippen LogP contribution in [0.2, 0.25) is 0 Å². The molecule has 0 amide bonds. The van der Waals surface area contributed by atoms with E-state index in [1.807, 2.05) is 0 Å². The first-order valence-corrected chi connectivity index (χ1v) is 6.09. The monoisotopic (exact) mass is 277 g/mol. The van der Waals surface area contributed by atoms with E-state index in [1.165, 1.54) is 0 Å². The number of hydrogen-bond acceptors (Lipinski definition) is 2. The van der Waals surface area contributed by atoms with Crippen LogP contribution in [0.5, 0.6) is 0 Å². The first-order chi connectivity index (χ1) is 8.89. The second-order valence-corrected chi connectivity index (χ2v) is 4.71. The van der Waals surface area contributed by atoms with Gasteiger partial charge in [0.2, 0.25) is 0 Å². The van der Waals surface area contributed by atoms with Crippen molar-refractivity contribution in [2.24, 2.45) is 11.7 Å². The molecular weight excluding hydrogens is 262 g/mol. The minimum absolute atomic E-state index is 0.0417. The minimum Gasteiger partial charge on any atom is -0.381 e. The summed E-state index contributed by atoms with van der Waals surface area (Å²) in [6.45, 7) is 1.11. The Kier molecular flexibility index (Phi) is 4.10. The van der Waals surface area contributed by atoms with Crippen LogP contribution >= 0.6 is 0 Å². The van der Waals surface area contributed by atoms with Crippen molar-refractivity contribution < 1.29 is 22.3 Å². The highest BCUT2D eigenvalue weighted by atomic mass is 19.4. The molecule has 1 saturated heterocycles. The smallest absolute Gasteiger partial charge is 0.381 e. The van der Waals surface area contributed by atoms with E-state index in [0.717, 1.165) is 12.1 Å². The van der Waals surface area contributed by atoms with Crippen LogP contribution in [0.3, 0.4) is 0 Å². The summed E-state index contributed by atoms with van der Waals surface area (Å²) in [5, 5.41) is 0. The molecule has 19 heavy (non-hydrogen) atoms. The summed E-state index contributed by atoms with van der Waals surface area (Å²) in [5.74, 6) is -0.853. The van der Waals surface area contributed by atoms with Crippen LogP contribution in [-0.2, 0) is 10.9 Å². The molecule has 0 radical (unpaired) electrons. The van der Waals surface area contributed by atoms with Crippen molar-refractivity contribution in [2.45, 2.75) is 25.1 Å². The predicted octanol–water partition coefficient (Wildman–Crippen LogP) is 3.27. The van der Waals surface area contributed by atoms with E-state index in [-0.39, 0.29) is 11.5 Å². The second kappa shape index (κ2) is 5.46. The summed E-state index contributed by atoms with van der Waals surface area (Å²) >= 11 is 0. The van der Waals surface area contributed by atoms with Crippen molar-refractivity contribution in [3.8, 4) is 0 Å². The van der Waals surface area contributed by atoms with Gasteiger partial charge in [0.15, 0.2) is 0 Å². The Balaban J connectivity index is 2.20.